The minimum atomic E-state index is -0.0412. The number of hydrogen-bond donors (Lipinski definition) is 2. The van der Waals surface area contributed by atoms with Gasteiger partial charge in [0.05, 0.1) is 6.04 Å². The van der Waals surface area contributed by atoms with Gasteiger partial charge in [0.15, 0.2) is 0 Å². The van der Waals surface area contributed by atoms with Gasteiger partial charge in [-0.1, -0.05) is 18.2 Å². The standard InChI is InChI=1S/C19H19N3O/c1-12(23)21-14-7-8-18-17(10-14)15-5-2-6-16(15)19(22-18)13-4-3-9-20-11-13/h2-5,7-11,15-16,19,22H,6H2,1H3,(H,21,23). The molecule has 0 spiro atoms. The fourth-order valence-electron chi connectivity index (χ4n) is 3.77. The van der Waals surface area contributed by atoms with Crippen molar-refractivity contribution in [1.82, 2.24) is 4.98 Å². The molecule has 1 aromatic carbocycles. The lowest BCUT2D eigenvalue weighted by atomic mass is 9.77. The first-order valence-electron chi connectivity index (χ1n) is 7.97. The molecule has 0 saturated heterocycles. The van der Waals surface area contributed by atoms with Crippen molar-refractivity contribution in [3.63, 3.8) is 0 Å². The van der Waals surface area contributed by atoms with Gasteiger partial charge < -0.3 is 10.6 Å². The number of benzene rings is 1. The molecule has 0 bridgehead atoms. The highest BCUT2D eigenvalue weighted by atomic mass is 16.1. The maximum Gasteiger partial charge on any atom is 0.221 e. The zero-order valence-corrected chi connectivity index (χ0v) is 13.0. The minimum Gasteiger partial charge on any atom is -0.378 e. The number of amides is 1. The van der Waals surface area contributed by atoms with E-state index in [0.717, 1.165) is 17.8 Å². The first-order valence-corrected chi connectivity index (χ1v) is 7.97. The van der Waals surface area contributed by atoms with Crippen LogP contribution in [0.2, 0.25) is 0 Å². The van der Waals surface area contributed by atoms with Gasteiger partial charge in [0, 0.05) is 36.6 Å². The number of hydrogen-bond acceptors (Lipinski definition) is 3. The highest BCUT2D eigenvalue weighted by Gasteiger charge is 2.37. The van der Waals surface area contributed by atoms with Crippen LogP contribution in [0.3, 0.4) is 0 Å². The van der Waals surface area contributed by atoms with Crippen LogP contribution in [-0.2, 0) is 4.79 Å². The van der Waals surface area contributed by atoms with Crippen LogP contribution in [0.4, 0.5) is 11.4 Å². The monoisotopic (exact) mass is 305 g/mol. The lowest BCUT2D eigenvalue weighted by molar-refractivity contribution is -0.114. The topological polar surface area (TPSA) is 54.0 Å². The Morgan fingerprint density at radius 3 is 3.04 bits per heavy atom. The number of carbonyl (C=O) groups excluding carboxylic acids is 1. The van der Waals surface area contributed by atoms with Gasteiger partial charge in [-0.3, -0.25) is 9.78 Å². The Hall–Kier alpha value is -2.62. The first kappa shape index (κ1) is 14.0. The zero-order chi connectivity index (χ0) is 15.8. The molecule has 23 heavy (non-hydrogen) atoms. The molecule has 0 fully saturated rings. The van der Waals surface area contributed by atoms with Crippen molar-refractivity contribution in [1.29, 1.82) is 0 Å². The molecule has 1 aromatic heterocycles. The summed E-state index contributed by atoms with van der Waals surface area (Å²) in [6.07, 6.45) is 9.38. The fourth-order valence-corrected chi connectivity index (χ4v) is 3.77. The van der Waals surface area contributed by atoms with Crippen molar-refractivity contribution < 1.29 is 4.79 Å². The van der Waals surface area contributed by atoms with E-state index in [1.807, 2.05) is 24.5 Å². The maximum atomic E-state index is 11.3. The predicted octanol–water partition coefficient (Wildman–Crippen LogP) is 3.87. The third-order valence-corrected chi connectivity index (χ3v) is 4.73. The van der Waals surface area contributed by atoms with Crippen molar-refractivity contribution in [3.05, 3.63) is 66.0 Å². The van der Waals surface area contributed by atoms with Crippen molar-refractivity contribution in [2.24, 2.45) is 5.92 Å². The Morgan fingerprint density at radius 1 is 1.35 bits per heavy atom. The molecule has 2 heterocycles. The van der Waals surface area contributed by atoms with Gasteiger partial charge in [0.1, 0.15) is 0 Å². The molecule has 2 aliphatic rings. The summed E-state index contributed by atoms with van der Waals surface area (Å²) < 4.78 is 0. The quantitative estimate of drug-likeness (QED) is 0.828. The Morgan fingerprint density at radius 2 is 2.26 bits per heavy atom. The number of allylic oxidation sites excluding steroid dienone is 2. The number of carbonyl (C=O) groups is 1. The summed E-state index contributed by atoms with van der Waals surface area (Å²) >= 11 is 0. The molecule has 116 valence electrons. The molecule has 3 atom stereocenters. The molecule has 1 aliphatic heterocycles. The lowest BCUT2D eigenvalue weighted by Gasteiger charge is -2.37. The summed E-state index contributed by atoms with van der Waals surface area (Å²) in [4.78, 5) is 15.6. The smallest absolute Gasteiger partial charge is 0.221 e. The van der Waals surface area contributed by atoms with Gasteiger partial charge >= 0.3 is 0 Å². The molecule has 0 radical (unpaired) electrons. The van der Waals surface area contributed by atoms with Gasteiger partial charge in [0.25, 0.3) is 0 Å². The maximum absolute atomic E-state index is 11.3. The number of aromatic nitrogens is 1. The van der Waals surface area contributed by atoms with Crippen LogP contribution in [0.25, 0.3) is 0 Å². The van der Waals surface area contributed by atoms with E-state index < -0.39 is 0 Å². The Kier molecular flexibility index (Phi) is 3.37. The normalized spacial score (nSPS) is 24.5. The molecule has 0 saturated carbocycles. The van der Waals surface area contributed by atoms with Crippen LogP contribution in [0.15, 0.2) is 54.9 Å². The van der Waals surface area contributed by atoms with E-state index in [1.165, 1.54) is 18.1 Å². The summed E-state index contributed by atoms with van der Waals surface area (Å²) in [7, 11) is 0. The number of anilines is 2. The second-order valence-electron chi connectivity index (χ2n) is 6.25. The van der Waals surface area contributed by atoms with E-state index in [1.54, 1.807) is 0 Å². The van der Waals surface area contributed by atoms with E-state index >= 15 is 0 Å². The van der Waals surface area contributed by atoms with Crippen molar-refractivity contribution in [3.8, 4) is 0 Å². The van der Waals surface area contributed by atoms with Gasteiger partial charge in [-0.2, -0.15) is 0 Å². The Balaban J connectivity index is 1.73. The Labute approximate surface area is 135 Å². The second kappa shape index (κ2) is 5.54. The van der Waals surface area contributed by atoms with Crippen molar-refractivity contribution in [2.75, 3.05) is 10.6 Å². The first-order chi connectivity index (χ1) is 11.2. The molecule has 4 rings (SSSR count). The SMILES string of the molecule is CC(=O)Nc1ccc2c(c1)C1C=CCC1C(c1cccnc1)N2. The number of pyridine rings is 1. The van der Waals surface area contributed by atoms with Crippen LogP contribution in [0, 0.1) is 5.92 Å². The summed E-state index contributed by atoms with van der Waals surface area (Å²) in [5, 5.41) is 6.55. The molecular formula is C19H19N3O. The number of nitrogens with zero attached hydrogens (tertiary/aromatic N) is 1. The van der Waals surface area contributed by atoms with Gasteiger partial charge in [0.2, 0.25) is 5.91 Å². The summed E-state index contributed by atoms with van der Waals surface area (Å²) in [5.41, 5.74) is 4.48. The minimum absolute atomic E-state index is 0.0412. The summed E-state index contributed by atoms with van der Waals surface area (Å²) in [5.74, 6) is 0.824. The van der Waals surface area contributed by atoms with Crippen LogP contribution >= 0.6 is 0 Å². The summed E-state index contributed by atoms with van der Waals surface area (Å²) in [6.45, 7) is 1.54. The van der Waals surface area contributed by atoms with E-state index in [-0.39, 0.29) is 11.9 Å². The molecule has 1 aliphatic carbocycles. The molecule has 3 unspecified atom stereocenters. The largest absolute Gasteiger partial charge is 0.378 e. The predicted molar refractivity (Wildman–Crippen MR) is 91.3 cm³/mol. The third kappa shape index (κ3) is 2.50. The van der Waals surface area contributed by atoms with E-state index in [0.29, 0.717) is 11.8 Å². The molecule has 2 aromatic rings. The molecular weight excluding hydrogens is 286 g/mol. The number of rotatable bonds is 2. The van der Waals surface area contributed by atoms with Crippen LogP contribution in [0.5, 0.6) is 0 Å². The zero-order valence-electron chi connectivity index (χ0n) is 13.0. The fraction of sp³-hybridized carbons (Fsp3) is 0.263. The average molecular weight is 305 g/mol. The van der Waals surface area contributed by atoms with Crippen molar-refractivity contribution >= 4 is 17.3 Å². The summed E-state index contributed by atoms with van der Waals surface area (Å²) in [6, 6.07) is 10.5. The van der Waals surface area contributed by atoms with E-state index in [2.05, 4.69) is 46.0 Å². The molecule has 4 nitrogen and oxygen atoms in total. The van der Waals surface area contributed by atoms with Crippen LogP contribution < -0.4 is 10.6 Å². The van der Waals surface area contributed by atoms with E-state index in [4.69, 9.17) is 0 Å². The molecule has 4 heteroatoms. The van der Waals surface area contributed by atoms with Gasteiger partial charge in [-0.15, -0.1) is 0 Å². The van der Waals surface area contributed by atoms with Crippen LogP contribution in [0.1, 0.15) is 36.4 Å². The second-order valence-corrected chi connectivity index (χ2v) is 6.25. The third-order valence-electron chi connectivity index (χ3n) is 4.73. The highest BCUT2D eigenvalue weighted by Crippen LogP contribution is 2.50. The van der Waals surface area contributed by atoms with Gasteiger partial charge in [-0.25, -0.2) is 0 Å². The number of fused-ring (bicyclic) bond motifs is 3. The Bertz CT molecular complexity index is 769. The van der Waals surface area contributed by atoms with Crippen molar-refractivity contribution in [2.45, 2.75) is 25.3 Å². The average Bonchev–Trinajstić information content (AvgIpc) is 3.04. The van der Waals surface area contributed by atoms with E-state index in [9.17, 15) is 4.79 Å². The molecule has 2 N–H and O–H groups in total. The van der Waals surface area contributed by atoms with Gasteiger partial charge in [-0.05, 0) is 47.7 Å². The number of nitrogens with one attached hydrogen (secondary N) is 2. The lowest BCUT2D eigenvalue weighted by Crippen LogP contribution is -2.29. The van der Waals surface area contributed by atoms with Crippen LogP contribution in [-0.4, -0.2) is 10.9 Å². The highest BCUT2D eigenvalue weighted by molar-refractivity contribution is 5.89. The molecule has 1 amide bonds.